The van der Waals surface area contributed by atoms with E-state index in [0.717, 1.165) is 6.04 Å². The van der Waals surface area contributed by atoms with Crippen LogP contribution in [0.15, 0.2) is 0 Å². The van der Waals surface area contributed by atoms with Gasteiger partial charge in [0.15, 0.2) is 0 Å². The number of likely N-dealkylation sites (tertiary alicyclic amines) is 1. The highest BCUT2D eigenvalue weighted by molar-refractivity contribution is 7.98. The maximum absolute atomic E-state index is 3.65. The van der Waals surface area contributed by atoms with Crippen molar-refractivity contribution in [3.63, 3.8) is 0 Å². The molecule has 3 heteroatoms. The number of nitrogens with zero attached hydrogens (tertiary/aromatic N) is 1. The van der Waals surface area contributed by atoms with Gasteiger partial charge in [-0.15, -0.1) is 0 Å². The number of hydrogen-bond acceptors (Lipinski definition) is 3. The van der Waals surface area contributed by atoms with Crippen LogP contribution in [0.25, 0.3) is 0 Å². The average Bonchev–Trinajstić information content (AvgIpc) is 2.75. The Bertz CT molecular complexity index is 147. The highest BCUT2D eigenvalue weighted by Crippen LogP contribution is 2.07. The van der Waals surface area contributed by atoms with E-state index < -0.39 is 0 Å². The monoisotopic (exact) mass is 230 g/mol. The standard InChI is InChI=1S/C12H26N2S/c1-3-12(11-15-2)13-7-6-10-14-8-4-5-9-14/h12-13H,3-11H2,1-2H3. The molecule has 1 saturated heterocycles. The summed E-state index contributed by atoms with van der Waals surface area (Å²) in [7, 11) is 0. The van der Waals surface area contributed by atoms with Crippen LogP contribution in [0.1, 0.15) is 32.6 Å². The van der Waals surface area contributed by atoms with Crippen LogP contribution in [0.4, 0.5) is 0 Å². The van der Waals surface area contributed by atoms with E-state index in [1.54, 1.807) is 0 Å². The molecule has 0 aromatic rings. The fraction of sp³-hybridized carbons (Fsp3) is 1.00. The van der Waals surface area contributed by atoms with E-state index in [-0.39, 0.29) is 0 Å². The first-order chi connectivity index (χ1) is 7.36. The summed E-state index contributed by atoms with van der Waals surface area (Å²) in [6.45, 7) is 7.43. The van der Waals surface area contributed by atoms with Gasteiger partial charge in [-0.1, -0.05) is 6.92 Å². The Morgan fingerprint density at radius 2 is 2.07 bits per heavy atom. The maximum atomic E-state index is 3.65. The highest BCUT2D eigenvalue weighted by atomic mass is 32.2. The molecule has 1 N–H and O–H groups in total. The van der Waals surface area contributed by atoms with Gasteiger partial charge in [0.05, 0.1) is 0 Å². The first-order valence-corrected chi connectivity index (χ1v) is 7.71. The molecule has 0 aliphatic carbocycles. The molecule has 0 amide bonds. The Labute approximate surface area is 99.2 Å². The molecule has 0 saturated carbocycles. The molecule has 0 aromatic heterocycles. The second-order valence-electron chi connectivity index (χ2n) is 4.42. The topological polar surface area (TPSA) is 15.3 Å². The molecule has 1 aliphatic rings. The molecule has 0 aromatic carbocycles. The second kappa shape index (κ2) is 8.43. The minimum Gasteiger partial charge on any atom is -0.313 e. The van der Waals surface area contributed by atoms with Gasteiger partial charge in [-0.05, 0) is 58.1 Å². The van der Waals surface area contributed by atoms with Crippen LogP contribution in [-0.2, 0) is 0 Å². The minimum absolute atomic E-state index is 0.721. The lowest BCUT2D eigenvalue weighted by atomic mass is 10.2. The van der Waals surface area contributed by atoms with Crippen LogP contribution in [0, 0.1) is 0 Å². The molecule has 0 radical (unpaired) electrons. The van der Waals surface area contributed by atoms with E-state index >= 15 is 0 Å². The van der Waals surface area contributed by atoms with Crippen molar-refractivity contribution in [1.29, 1.82) is 0 Å². The molecular weight excluding hydrogens is 204 g/mol. The Hall–Kier alpha value is 0.270. The fourth-order valence-electron chi connectivity index (χ4n) is 2.14. The Balaban J connectivity index is 1.94. The third kappa shape index (κ3) is 5.79. The van der Waals surface area contributed by atoms with E-state index in [1.165, 1.54) is 57.6 Å². The van der Waals surface area contributed by atoms with Gasteiger partial charge in [-0.25, -0.2) is 0 Å². The Morgan fingerprint density at radius 1 is 1.33 bits per heavy atom. The van der Waals surface area contributed by atoms with Gasteiger partial charge in [0.2, 0.25) is 0 Å². The molecule has 1 rings (SSSR count). The summed E-state index contributed by atoms with van der Waals surface area (Å²) < 4.78 is 0. The molecule has 1 fully saturated rings. The number of nitrogens with one attached hydrogen (secondary N) is 1. The normalized spacial score (nSPS) is 19.6. The number of thioether (sulfide) groups is 1. The van der Waals surface area contributed by atoms with Crippen molar-refractivity contribution in [3.8, 4) is 0 Å². The summed E-state index contributed by atoms with van der Waals surface area (Å²) >= 11 is 1.94. The third-order valence-electron chi connectivity index (χ3n) is 3.14. The SMILES string of the molecule is CCC(CSC)NCCCN1CCCC1. The van der Waals surface area contributed by atoms with Crippen molar-refractivity contribution >= 4 is 11.8 Å². The van der Waals surface area contributed by atoms with Crippen LogP contribution in [0.2, 0.25) is 0 Å². The molecule has 1 unspecified atom stereocenters. The van der Waals surface area contributed by atoms with E-state index in [2.05, 4.69) is 23.4 Å². The predicted octanol–water partition coefficient (Wildman–Crippen LogP) is 2.20. The number of rotatable bonds is 8. The van der Waals surface area contributed by atoms with Crippen molar-refractivity contribution in [3.05, 3.63) is 0 Å². The lowest BCUT2D eigenvalue weighted by Crippen LogP contribution is -2.33. The van der Waals surface area contributed by atoms with E-state index in [9.17, 15) is 0 Å². The van der Waals surface area contributed by atoms with Gasteiger partial charge in [-0.2, -0.15) is 11.8 Å². The molecule has 0 spiro atoms. The minimum atomic E-state index is 0.721. The van der Waals surface area contributed by atoms with Crippen LogP contribution in [0.3, 0.4) is 0 Å². The van der Waals surface area contributed by atoms with Crippen molar-refractivity contribution in [1.82, 2.24) is 10.2 Å². The summed E-state index contributed by atoms with van der Waals surface area (Å²) in [4.78, 5) is 2.59. The van der Waals surface area contributed by atoms with Gasteiger partial charge >= 0.3 is 0 Å². The lowest BCUT2D eigenvalue weighted by molar-refractivity contribution is 0.328. The third-order valence-corrected chi connectivity index (χ3v) is 3.88. The quantitative estimate of drug-likeness (QED) is 0.644. The largest absolute Gasteiger partial charge is 0.313 e. The van der Waals surface area contributed by atoms with Crippen molar-refractivity contribution in [2.45, 2.75) is 38.6 Å². The van der Waals surface area contributed by atoms with Gasteiger partial charge in [0, 0.05) is 11.8 Å². The van der Waals surface area contributed by atoms with Crippen molar-refractivity contribution in [2.24, 2.45) is 0 Å². The summed E-state index contributed by atoms with van der Waals surface area (Å²) in [6.07, 6.45) is 7.58. The molecular formula is C12H26N2S. The van der Waals surface area contributed by atoms with E-state index in [4.69, 9.17) is 0 Å². The van der Waals surface area contributed by atoms with Crippen LogP contribution < -0.4 is 5.32 Å². The maximum Gasteiger partial charge on any atom is 0.0155 e. The van der Waals surface area contributed by atoms with Crippen LogP contribution in [0.5, 0.6) is 0 Å². The smallest absolute Gasteiger partial charge is 0.0155 e. The van der Waals surface area contributed by atoms with Crippen LogP contribution in [-0.4, -0.2) is 49.1 Å². The first kappa shape index (κ1) is 13.3. The van der Waals surface area contributed by atoms with Gasteiger partial charge in [0.1, 0.15) is 0 Å². The van der Waals surface area contributed by atoms with Gasteiger partial charge in [-0.3, -0.25) is 0 Å². The molecule has 1 heterocycles. The molecule has 0 bridgehead atoms. The first-order valence-electron chi connectivity index (χ1n) is 6.31. The average molecular weight is 230 g/mol. The summed E-state index contributed by atoms with van der Waals surface area (Å²) in [5.74, 6) is 1.25. The molecule has 15 heavy (non-hydrogen) atoms. The highest BCUT2D eigenvalue weighted by Gasteiger charge is 2.10. The zero-order chi connectivity index (χ0) is 10.9. The van der Waals surface area contributed by atoms with Crippen molar-refractivity contribution < 1.29 is 0 Å². The lowest BCUT2D eigenvalue weighted by Gasteiger charge is -2.18. The second-order valence-corrected chi connectivity index (χ2v) is 5.33. The zero-order valence-electron chi connectivity index (χ0n) is 10.3. The predicted molar refractivity (Wildman–Crippen MR) is 70.8 cm³/mol. The van der Waals surface area contributed by atoms with E-state index in [0.29, 0.717) is 0 Å². The summed E-state index contributed by atoms with van der Waals surface area (Å²) in [5, 5.41) is 3.65. The van der Waals surface area contributed by atoms with Crippen LogP contribution >= 0.6 is 11.8 Å². The molecule has 90 valence electrons. The van der Waals surface area contributed by atoms with Gasteiger partial charge in [0.25, 0.3) is 0 Å². The Kier molecular flexibility index (Phi) is 7.49. The summed E-state index contributed by atoms with van der Waals surface area (Å²) in [5.41, 5.74) is 0. The van der Waals surface area contributed by atoms with E-state index in [1.807, 2.05) is 11.8 Å². The summed E-state index contributed by atoms with van der Waals surface area (Å²) in [6, 6.07) is 0.721. The molecule has 1 atom stereocenters. The van der Waals surface area contributed by atoms with Crippen molar-refractivity contribution in [2.75, 3.05) is 38.2 Å². The zero-order valence-corrected chi connectivity index (χ0v) is 11.1. The number of hydrogen-bond donors (Lipinski definition) is 1. The fourth-order valence-corrected chi connectivity index (χ4v) is 2.89. The molecule has 1 aliphatic heterocycles. The molecule has 2 nitrogen and oxygen atoms in total. The Morgan fingerprint density at radius 3 is 2.67 bits per heavy atom. The van der Waals surface area contributed by atoms with Gasteiger partial charge < -0.3 is 10.2 Å².